The maximum Gasteiger partial charge on any atom is 0.245 e. The molecule has 6 heteroatoms. The van der Waals surface area contributed by atoms with Gasteiger partial charge in [0.05, 0.1) is 22.7 Å². The topological polar surface area (TPSA) is 41.6 Å². The van der Waals surface area contributed by atoms with Gasteiger partial charge in [0.1, 0.15) is 16.7 Å². The lowest BCUT2D eigenvalue weighted by Gasteiger charge is -2.35. The molecule has 0 spiro atoms. The van der Waals surface area contributed by atoms with E-state index in [1.165, 1.54) is 42.4 Å². The van der Waals surface area contributed by atoms with Crippen LogP contribution in [0.25, 0.3) is 75.3 Å². The van der Waals surface area contributed by atoms with E-state index >= 15 is 0 Å². The van der Waals surface area contributed by atoms with Crippen molar-refractivity contribution in [3.63, 3.8) is 0 Å². The van der Waals surface area contributed by atoms with E-state index in [4.69, 9.17) is 8.83 Å². The van der Waals surface area contributed by atoms with E-state index in [1.807, 2.05) is 11.3 Å². The zero-order valence-corrected chi connectivity index (χ0v) is 37.8. The van der Waals surface area contributed by atoms with Gasteiger partial charge in [-0.05, 0) is 93.6 Å². The van der Waals surface area contributed by atoms with E-state index in [9.17, 15) is 0 Å². The van der Waals surface area contributed by atoms with Gasteiger partial charge in [-0.3, -0.25) is 0 Å². The molecule has 8 aromatic carbocycles. The molecule has 64 heavy (non-hydrogen) atoms. The Kier molecular flexibility index (Phi) is 8.60. The Hall–Kier alpha value is -7.02. The lowest BCUT2D eigenvalue weighted by atomic mass is 9.61. The molecule has 4 heterocycles. The summed E-state index contributed by atoms with van der Waals surface area (Å²) < 4.78 is 16.6. The Morgan fingerprint density at radius 3 is 1.94 bits per heavy atom. The number of rotatable bonds is 5. The van der Waals surface area contributed by atoms with Gasteiger partial charge in [0.2, 0.25) is 7.28 Å². The summed E-state index contributed by atoms with van der Waals surface area (Å²) >= 11 is 1.84. The average molecular weight is 847 g/mol. The van der Waals surface area contributed by atoms with Gasteiger partial charge in [0.25, 0.3) is 0 Å². The highest BCUT2D eigenvalue weighted by atomic mass is 32.1. The van der Waals surface area contributed by atoms with Crippen molar-refractivity contribution in [1.82, 2.24) is 0 Å². The Morgan fingerprint density at radius 1 is 0.531 bits per heavy atom. The van der Waals surface area contributed by atoms with Gasteiger partial charge in [-0.25, -0.2) is 0 Å². The third kappa shape index (κ3) is 6.11. The Labute approximate surface area is 378 Å². The molecule has 0 saturated carbocycles. The maximum atomic E-state index is 7.10. The van der Waals surface area contributed by atoms with Crippen LogP contribution in [0.15, 0.2) is 173 Å². The summed E-state index contributed by atoms with van der Waals surface area (Å²) in [5, 5.41) is 9.74. The molecule has 12 rings (SSSR count). The number of benzene rings is 8. The molecule has 0 aliphatic carbocycles. The van der Waals surface area contributed by atoms with Gasteiger partial charge in [-0.2, -0.15) is 0 Å². The van der Waals surface area contributed by atoms with Crippen molar-refractivity contribution in [2.45, 2.75) is 52.4 Å². The predicted octanol–water partition coefficient (Wildman–Crippen LogP) is 15.5. The van der Waals surface area contributed by atoms with Crippen molar-refractivity contribution in [2.75, 3.05) is 10.2 Å². The van der Waals surface area contributed by atoms with Crippen LogP contribution in [0.4, 0.5) is 28.4 Å². The Balaban J connectivity index is 1.21. The number of nitrogens with one attached hydrogen (secondary N) is 1. The summed E-state index contributed by atoms with van der Waals surface area (Å²) in [7, 11) is 0.584. The molecule has 0 unspecified atom stereocenters. The fraction of sp³-hybridized carbons (Fsp3) is 0.138. The number of para-hydroxylation sites is 2. The number of hydrogen-bond donors (Lipinski definition) is 1. The van der Waals surface area contributed by atoms with E-state index in [0.717, 1.165) is 83.6 Å². The second-order valence-corrected chi connectivity index (χ2v) is 20.4. The first-order valence-corrected chi connectivity index (χ1v) is 23.1. The molecule has 1 N–H and O–H groups in total. The second kappa shape index (κ2) is 14.3. The van der Waals surface area contributed by atoms with Gasteiger partial charge in [0, 0.05) is 64.4 Å². The highest BCUT2D eigenvalue weighted by Gasteiger charge is 2.36. The van der Waals surface area contributed by atoms with E-state index in [1.54, 1.807) is 0 Å². The first-order chi connectivity index (χ1) is 31.0. The third-order valence-electron chi connectivity index (χ3n) is 13.2. The zero-order valence-electron chi connectivity index (χ0n) is 37.0. The first-order valence-electron chi connectivity index (χ1n) is 22.3. The molecule has 310 valence electrons. The summed E-state index contributed by atoms with van der Waals surface area (Å²) in [6.45, 7) is 13.7. The van der Waals surface area contributed by atoms with Crippen molar-refractivity contribution >= 4 is 111 Å². The van der Waals surface area contributed by atoms with Gasteiger partial charge >= 0.3 is 0 Å². The molecule has 3 aromatic heterocycles. The molecule has 4 nitrogen and oxygen atoms in total. The van der Waals surface area contributed by atoms with Gasteiger partial charge in [0.15, 0.2) is 0 Å². The standard InChI is InChI=1S/C58H47BN2O2S/c1-57(2,3)35-24-27-37(28-25-35)60-53-41(29-31-49-50(53)40-20-12-15-23-48(40)64-49)51-52-45(33-43-38-18-10-13-21-46(38)62-55(43)51)61(54-39-19-11-14-22-47(39)63-56(54)59-52)44-30-26-36(58(4,5)6)32-42(44)34-16-8-7-9-17-34/h7-33,59-60H,1-6H3. The molecule has 0 saturated heterocycles. The fourth-order valence-corrected chi connectivity index (χ4v) is 11.0. The SMILES string of the molecule is CC(C)(C)c1ccc(Nc2c(-c3c4c(cc5c3oc3ccccc35)N(c3ccc(C(C)(C)C)cc3-c3ccccc3)c3c(oc5ccccc35)B4)ccc3sc4ccccc4c23)cc1. The lowest BCUT2D eigenvalue weighted by Crippen LogP contribution is -2.40. The summed E-state index contributed by atoms with van der Waals surface area (Å²) in [6, 6.07) is 59.6. The maximum absolute atomic E-state index is 7.10. The van der Waals surface area contributed by atoms with Crippen LogP contribution in [0.2, 0.25) is 0 Å². The predicted molar refractivity (Wildman–Crippen MR) is 275 cm³/mol. The number of nitrogens with zero attached hydrogens (tertiary/aromatic N) is 1. The van der Waals surface area contributed by atoms with Crippen LogP contribution < -0.4 is 21.3 Å². The van der Waals surface area contributed by atoms with Crippen molar-refractivity contribution in [3.8, 4) is 22.3 Å². The molecule has 0 fully saturated rings. The monoisotopic (exact) mass is 846 g/mol. The average Bonchev–Trinajstić information content (AvgIpc) is 3.99. The van der Waals surface area contributed by atoms with Crippen LogP contribution in [0, 0.1) is 0 Å². The van der Waals surface area contributed by atoms with E-state index in [-0.39, 0.29) is 10.8 Å². The molecule has 1 aliphatic heterocycles. The van der Waals surface area contributed by atoms with Crippen LogP contribution >= 0.6 is 11.3 Å². The Bertz CT molecular complexity index is 3640. The van der Waals surface area contributed by atoms with Gasteiger partial charge in [-0.15, -0.1) is 11.3 Å². The molecule has 0 radical (unpaired) electrons. The van der Waals surface area contributed by atoms with Crippen LogP contribution in [0.1, 0.15) is 52.7 Å². The number of fused-ring (bicyclic) bond motifs is 10. The highest BCUT2D eigenvalue weighted by Crippen LogP contribution is 2.51. The summed E-state index contributed by atoms with van der Waals surface area (Å²) in [4.78, 5) is 2.50. The summed E-state index contributed by atoms with van der Waals surface area (Å²) in [5.41, 5.74) is 17.2. The first kappa shape index (κ1) is 38.6. The van der Waals surface area contributed by atoms with Crippen molar-refractivity contribution < 1.29 is 8.83 Å². The minimum absolute atomic E-state index is 0.0398. The normalized spacial score (nSPS) is 12.9. The van der Waals surface area contributed by atoms with Crippen molar-refractivity contribution in [1.29, 1.82) is 0 Å². The largest absolute Gasteiger partial charge is 0.469 e. The van der Waals surface area contributed by atoms with Crippen LogP contribution in [0.5, 0.6) is 0 Å². The number of hydrogen-bond acceptors (Lipinski definition) is 5. The zero-order chi connectivity index (χ0) is 43.5. The van der Waals surface area contributed by atoms with Crippen molar-refractivity contribution in [3.05, 3.63) is 175 Å². The van der Waals surface area contributed by atoms with Crippen molar-refractivity contribution in [2.24, 2.45) is 0 Å². The van der Waals surface area contributed by atoms with Crippen LogP contribution in [-0.4, -0.2) is 7.28 Å². The second-order valence-electron chi connectivity index (χ2n) is 19.4. The molecule has 0 amide bonds. The molecule has 0 bridgehead atoms. The Morgan fingerprint density at radius 2 is 1.19 bits per heavy atom. The summed E-state index contributed by atoms with van der Waals surface area (Å²) in [5.74, 6) is 0. The molecule has 11 aromatic rings. The molecule has 1 aliphatic rings. The molecule has 0 atom stereocenters. The minimum Gasteiger partial charge on any atom is -0.469 e. The van der Waals surface area contributed by atoms with E-state index < -0.39 is 0 Å². The number of thiophene rings is 1. The number of anilines is 5. The third-order valence-corrected chi connectivity index (χ3v) is 14.4. The van der Waals surface area contributed by atoms with E-state index in [0.29, 0.717) is 7.28 Å². The van der Waals surface area contributed by atoms with E-state index in [2.05, 4.69) is 216 Å². The number of furan rings is 2. The summed E-state index contributed by atoms with van der Waals surface area (Å²) in [6.07, 6.45) is 0. The van der Waals surface area contributed by atoms with Crippen LogP contribution in [0.3, 0.4) is 0 Å². The highest BCUT2D eigenvalue weighted by molar-refractivity contribution is 7.26. The van der Waals surface area contributed by atoms with Crippen LogP contribution in [-0.2, 0) is 10.8 Å². The molecular weight excluding hydrogens is 800 g/mol. The lowest BCUT2D eigenvalue weighted by molar-refractivity contribution is 0.590. The smallest absolute Gasteiger partial charge is 0.245 e. The van der Waals surface area contributed by atoms with Gasteiger partial charge < -0.3 is 19.1 Å². The van der Waals surface area contributed by atoms with Gasteiger partial charge in [-0.1, -0.05) is 145 Å². The fourth-order valence-electron chi connectivity index (χ4n) is 9.92. The molecular formula is C58H47BN2O2S. The quantitative estimate of drug-likeness (QED) is 0.175. The minimum atomic E-state index is -0.0503.